The van der Waals surface area contributed by atoms with Crippen LogP contribution in [-0.2, 0) is 28.5 Å². The van der Waals surface area contributed by atoms with Gasteiger partial charge >= 0.3 is 11.9 Å². The highest BCUT2D eigenvalue weighted by Crippen LogP contribution is 2.35. The molecule has 1 aliphatic heterocycles. The highest BCUT2D eigenvalue weighted by atomic mass is 16.7. The third-order valence-electron chi connectivity index (χ3n) is 11.8. The van der Waals surface area contributed by atoms with Crippen molar-refractivity contribution >= 4 is 11.9 Å². The first kappa shape index (κ1) is 52.8. The number of hydrogen-bond donors (Lipinski definition) is 0. The molecule has 1 saturated heterocycles. The molecule has 0 spiro atoms. The van der Waals surface area contributed by atoms with Crippen LogP contribution in [-0.4, -0.2) is 68.7 Å². The van der Waals surface area contributed by atoms with Crippen molar-refractivity contribution in [1.82, 2.24) is 4.90 Å². The van der Waals surface area contributed by atoms with Gasteiger partial charge in [-0.05, 0) is 78.3 Å². The Kier molecular flexibility index (Phi) is 35.9. The van der Waals surface area contributed by atoms with Crippen LogP contribution < -0.4 is 0 Å². The predicted molar refractivity (Wildman–Crippen MR) is 236 cm³/mol. The molecule has 1 fully saturated rings. The minimum absolute atomic E-state index is 0.0133. The molecule has 1 heterocycles. The van der Waals surface area contributed by atoms with Crippen LogP contribution in [0.15, 0.2) is 0 Å². The lowest BCUT2D eigenvalue weighted by molar-refractivity contribution is -0.180. The molecule has 332 valence electrons. The maximum Gasteiger partial charge on any atom is 0.306 e. The molecule has 1 aliphatic rings. The van der Waals surface area contributed by atoms with E-state index in [9.17, 15) is 9.59 Å². The van der Waals surface area contributed by atoms with E-state index in [1.165, 1.54) is 116 Å². The van der Waals surface area contributed by atoms with Gasteiger partial charge in [-0.15, -0.1) is 0 Å². The average molecular weight is 794 g/mol. The van der Waals surface area contributed by atoms with Gasteiger partial charge in [0.1, 0.15) is 6.10 Å². The molecule has 0 unspecified atom stereocenters. The predicted octanol–water partition coefficient (Wildman–Crippen LogP) is 14.2. The van der Waals surface area contributed by atoms with Gasteiger partial charge < -0.3 is 23.8 Å². The van der Waals surface area contributed by atoms with Crippen LogP contribution in [0.2, 0.25) is 0 Å². The fourth-order valence-corrected chi connectivity index (χ4v) is 8.07. The number of carbonyl (C=O) groups excluding carboxylic acids is 2. The Morgan fingerprint density at radius 1 is 0.571 bits per heavy atom. The summed E-state index contributed by atoms with van der Waals surface area (Å²) in [6, 6.07) is 0. The summed E-state index contributed by atoms with van der Waals surface area (Å²) in [4.78, 5) is 27.2. The second kappa shape index (κ2) is 38.0. The van der Waals surface area contributed by atoms with Crippen LogP contribution in [0.4, 0.5) is 0 Å². The van der Waals surface area contributed by atoms with Gasteiger partial charge in [-0.2, -0.15) is 0 Å². The van der Waals surface area contributed by atoms with Gasteiger partial charge in [0, 0.05) is 32.2 Å². The van der Waals surface area contributed by atoms with Gasteiger partial charge in [0.05, 0.1) is 19.3 Å². The van der Waals surface area contributed by atoms with Crippen LogP contribution >= 0.6 is 0 Å². The van der Waals surface area contributed by atoms with Crippen LogP contribution in [0.5, 0.6) is 0 Å². The minimum atomic E-state index is -0.468. The molecule has 0 amide bonds. The zero-order valence-corrected chi connectivity index (χ0v) is 38.1. The molecular weight excluding hydrogens is 699 g/mol. The van der Waals surface area contributed by atoms with Crippen LogP contribution in [0.1, 0.15) is 252 Å². The summed E-state index contributed by atoms with van der Waals surface area (Å²) in [6.45, 7) is 9.01. The molecule has 0 bridgehead atoms. The van der Waals surface area contributed by atoms with E-state index < -0.39 is 5.79 Å². The summed E-state index contributed by atoms with van der Waals surface area (Å²) in [5.74, 6) is -0.485. The van der Waals surface area contributed by atoms with E-state index in [4.69, 9.17) is 18.9 Å². The maximum atomic E-state index is 12.9. The van der Waals surface area contributed by atoms with Crippen LogP contribution in [0.3, 0.4) is 0 Å². The average Bonchev–Trinajstić information content (AvgIpc) is 3.59. The van der Waals surface area contributed by atoms with E-state index in [1.807, 2.05) is 0 Å². The number of rotatable bonds is 42. The van der Waals surface area contributed by atoms with Gasteiger partial charge in [0.2, 0.25) is 0 Å². The Hall–Kier alpha value is -1.18. The molecule has 0 aromatic carbocycles. The molecule has 0 aromatic rings. The van der Waals surface area contributed by atoms with E-state index in [1.54, 1.807) is 0 Å². The standard InChI is InChI=1S/C49H95NO6/c1-6-9-12-15-18-19-23-30-37-47(51)53-43-34-27-26-33-41-49(54-44-46(56-49)39-42-50(4)5)40-32-25-20-24-31-38-48(52)55-45(35-28-21-16-13-10-7-2)36-29-22-17-14-11-8-3/h45-46H,6-44H2,1-5H3/t46-,49+/m1/s1. The van der Waals surface area contributed by atoms with E-state index in [0.29, 0.717) is 26.1 Å². The Labute approximate surface area is 348 Å². The third-order valence-corrected chi connectivity index (χ3v) is 11.8. The lowest BCUT2D eigenvalue weighted by atomic mass is 9.99. The Bertz CT molecular complexity index is 867. The van der Waals surface area contributed by atoms with Gasteiger partial charge in [0.25, 0.3) is 0 Å². The second-order valence-electron chi connectivity index (χ2n) is 17.7. The fourth-order valence-electron chi connectivity index (χ4n) is 8.07. The van der Waals surface area contributed by atoms with Crippen molar-refractivity contribution in [2.45, 2.75) is 270 Å². The van der Waals surface area contributed by atoms with Crippen molar-refractivity contribution in [3.8, 4) is 0 Å². The monoisotopic (exact) mass is 794 g/mol. The SMILES string of the molecule is CCCCCCCCCCC(=O)OCCCCCC[C@@]1(CCCCCCCC(=O)OC(CCCCCCCC)CCCCCCCC)OC[C@@H](CCN(C)C)O1. The summed E-state index contributed by atoms with van der Waals surface area (Å²) < 4.78 is 24.7. The number of carbonyl (C=O) groups is 2. The van der Waals surface area contributed by atoms with E-state index in [0.717, 1.165) is 109 Å². The van der Waals surface area contributed by atoms with Crippen molar-refractivity contribution in [2.75, 3.05) is 33.9 Å². The van der Waals surface area contributed by atoms with Crippen molar-refractivity contribution in [1.29, 1.82) is 0 Å². The minimum Gasteiger partial charge on any atom is -0.466 e. The molecule has 7 nitrogen and oxygen atoms in total. The largest absolute Gasteiger partial charge is 0.466 e. The van der Waals surface area contributed by atoms with E-state index in [-0.39, 0.29) is 24.1 Å². The van der Waals surface area contributed by atoms with Crippen LogP contribution in [0.25, 0.3) is 0 Å². The molecular formula is C49H95NO6. The lowest BCUT2D eigenvalue weighted by Crippen LogP contribution is -2.31. The Balaban J connectivity index is 2.32. The summed E-state index contributed by atoms with van der Waals surface area (Å²) in [6.07, 6.45) is 41.1. The van der Waals surface area contributed by atoms with Gasteiger partial charge in [0.15, 0.2) is 5.79 Å². The number of nitrogens with zero attached hydrogens (tertiary/aromatic N) is 1. The highest BCUT2D eigenvalue weighted by molar-refractivity contribution is 5.69. The Morgan fingerprint density at radius 2 is 1.00 bits per heavy atom. The van der Waals surface area contributed by atoms with Crippen molar-refractivity contribution in [3.05, 3.63) is 0 Å². The Morgan fingerprint density at radius 3 is 1.50 bits per heavy atom. The van der Waals surface area contributed by atoms with Crippen LogP contribution in [0, 0.1) is 0 Å². The van der Waals surface area contributed by atoms with Gasteiger partial charge in [-0.3, -0.25) is 9.59 Å². The first-order valence-corrected chi connectivity index (χ1v) is 24.7. The molecule has 0 aromatic heterocycles. The van der Waals surface area contributed by atoms with Crippen molar-refractivity contribution in [2.24, 2.45) is 0 Å². The second-order valence-corrected chi connectivity index (χ2v) is 17.7. The summed E-state index contributed by atoms with van der Waals surface area (Å²) in [5, 5.41) is 0. The first-order chi connectivity index (χ1) is 27.3. The molecule has 0 aliphatic carbocycles. The molecule has 56 heavy (non-hydrogen) atoms. The fraction of sp³-hybridized carbons (Fsp3) is 0.959. The van der Waals surface area contributed by atoms with Crippen molar-refractivity contribution < 1.29 is 28.5 Å². The normalized spacial score (nSPS) is 17.0. The summed E-state index contributed by atoms with van der Waals surface area (Å²) in [7, 11) is 4.23. The molecule has 0 N–H and O–H groups in total. The summed E-state index contributed by atoms with van der Waals surface area (Å²) >= 11 is 0. The third kappa shape index (κ3) is 31.8. The highest BCUT2D eigenvalue weighted by Gasteiger charge is 2.40. The zero-order valence-electron chi connectivity index (χ0n) is 38.1. The quantitative estimate of drug-likeness (QED) is 0.0450. The number of ether oxygens (including phenoxy) is 4. The number of hydrogen-bond acceptors (Lipinski definition) is 7. The topological polar surface area (TPSA) is 74.3 Å². The number of unbranched alkanes of at least 4 members (excludes halogenated alkanes) is 24. The molecule has 2 atom stereocenters. The lowest BCUT2D eigenvalue weighted by Gasteiger charge is -2.29. The number of esters is 2. The smallest absolute Gasteiger partial charge is 0.306 e. The van der Waals surface area contributed by atoms with Crippen molar-refractivity contribution in [3.63, 3.8) is 0 Å². The van der Waals surface area contributed by atoms with Gasteiger partial charge in [-0.25, -0.2) is 0 Å². The molecule has 0 saturated carbocycles. The van der Waals surface area contributed by atoms with Gasteiger partial charge in [-0.1, -0.05) is 162 Å². The molecule has 1 rings (SSSR count). The van der Waals surface area contributed by atoms with E-state index >= 15 is 0 Å². The molecule has 0 radical (unpaired) electrons. The zero-order chi connectivity index (χ0) is 40.8. The summed E-state index contributed by atoms with van der Waals surface area (Å²) in [5.41, 5.74) is 0. The molecule has 7 heteroatoms. The maximum absolute atomic E-state index is 12.9. The first-order valence-electron chi connectivity index (χ1n) is 24.7. The van der Waals surface area contributed by atoms with E-state index in [2.05, 4.69) is 39.8 Å².